The summed E-state index contributed by atoms with van der Waals surface area (Å²) in [5.74, 6) is 0.353. The van der Waals surface area contributed by atoms with Crippen LogP contribution in [0.1, 0.15) is 48.7 Å². The summed E-state index contributed by atoms with van der Waals surface area (Å²) >= 11 is 6.71. The van der Waals surface area contributed by atoms with Crippen molar-refractivity contribution >= 4 is 54.7 Å². The van der Waals surface area contributed by atoms with E-state index in [2.05, 4.69) is 43.0 Å². The molecule has 0 aliphatic rings. The Kier molecular flexibility index (Phi) is 8.34. The van der Waals surface area contributed by atoms with Gasteiger partial charge in [0.25, 0.3) is 5.56 Å². The van der Waals surface area contributed by atoms with E-state index in [1.807, 2.05) is 19.9 Å². The molecule has 11 heteroatoms. The molecule has 0 bridgehead atoms. The highest BCUT2D eigenvalue weighted by atomic mass is 79.9. The molecular formula is C27H21Br2N5O4. The van der Waals surface area contributed by atoms with Crippen molar-refractivity contribution in [2.24, 2.45) is 5.10 Å². The fourth-order valence-electron chi connectivity index (χ4n) is 3.79. The number of nitrogens with zero attached hydrogens (tertiary/aromatic N) is 5. The standard InChI is InChI=1S/C27H21Br2N5O4/c1-3-16(2)26-32-23-9-8-20(28)11-22(23)27(35)33(26)31-14-19-10-21(29)12-24(34(36)37)25(19)38-15-18-7-5-4-6-17(18)13-30/h4-12,14,16H,3,15H2,1-2H3/t16-/m1/s1. The SMILES string of the molecule is CC[C@@H](C)c1nc2ccc(Br)cc2c(=O)n1N=Cc1cc(Br)cc([N+](=O)[O-])c1OCc1ccccc1C#N. The zero-order valence-corrected chi connectivity index (χ0v) is 23.6. The summed E-state index contributed by atoms with van der Waals surface area (Å²) in [6.45, 7) is 3.86. The van der Waals surface area contributed by atoms with Crippen LogP contribution in [-0.4, -0.2) is 20.8 Å². The second-order valence-corrected chi connectivity index (χ2v) is 10.3. The predicted octanol–water partition coefficient (Wildman–Crippen LogP) is 6.68. The predicted molar refractivity (Wildman–Crippen MR) is 152 cm³/mol. The molecule has 0 saturated heterocycles. The van der Waals surface area contributed by atoms with Gasteiger partial charge in [0.05, 0.1) is 33.7 Å². The first-order valence-electron chi connectivity index (χ1n) is 11.6. The molecular weight excluding hydrogens is 618 g/mol. The molecule has 0 fully saturated rings. The minimum atomic E-state index is -0.556. The van der Waals surface area contributed by atoms with Gasteiger partial charge < -0.3 is 4.74 Å². The van der Waals surface area contributed by atoms with Gasteiger partial charge in [0.2, 0.25) is 5.75 Å². The average molecular weight is 639 g/mol. The number of ether oxygens (including phenoxy) is 1. The molecule has 0 radical (unpaired) electrons. The van der Waals surface area contributed by atoms with Gasteiger partial charge in [-0.3, -0.25) is 14.9 Å². The molecule has 1 aromatic heterocycles. The van der Waals surface area contributed by atoms with Gasteiger partial charge in [-0.1, -0.05) is 63.9 Å². The smallest absolute Gasteiger partial charge is 0.312 e. The van der Waals surface area contributed by atoms with Crippen LogP contribution in [0.25, 0.3) is 10.9 Å². The van der Waals surface area contributed by atoms with Crippen molar-refractivity contribution in [3.05, 3.63) is 107 Å². The van der Waals surface area contributed by atoms with Crippen LogP contribution >= 0.6 is 31.9 Å². The highest BCUT2D eigenvalue weighted by molar-refractivity contribution is 9.10. The van der Waals surface area contributed by atoms with Gasteiger partial charge >= 0.3 is 5.69 Å². The Bertz CT molecular complexity index is 1680. The van der Waals surface area contributed by atoms with Crippen molar-refractivity contribution < 1.29 is 9.66 Å². The van der Waals surface area contributed by atoms with E-state index in [0.29, 0.717) is 32.3 Å². The fraction of sp³-hybridized carbons (Fsp3) is 0.185. The third kappa shape index (κ3) is 5.66. The van der Waals surface area contributed by atoms with E-state index in [1.165, 1.54) is 17.0 Å². The molecule has 192 valence electrons. The molecule has 0 amide bonds. The molecule has 0 spiro atoms. The molecule has 38 heavy (non-hydrogen) atoms. The molecule has 3 aromatic carbocycles. The maximum absolute atomic E-state index is 13.5. The van der Waals surface area contributed by atoms with E-state index in [9.17, 15) is 20.2 Å². The number of benzene rings is 3. The van der Waals surface area contributed by atoms with Crippen molar-refractivity contribution in [2.45, 2.75) is 32.8 Å². The van der Waals surface area contributed by atoms with Crippen LogP contribution in [-0.2, 0) is 6.61 Å². The summed E-state index contributed by atoms with van der Waals surface area (Å²) in [5.41, 5.74) is 1.16. The van der Waals surface area contributed by atoms with Crippen LogP contribution in [0.3, 0.4) is 0 Å². The van der Waals surface area contributed by atoms with Gasteiger partial charge in [0, 0.05) is 32.1 Å². The lowest BCUT2D eigenvalue weighted by Gasteiger charge is -2.14. The molecule has 1 atom stereocenters. The lowest BCUT2D eigenvalue weighted by Crippen LogP contribution is -2.23. The number of nitriles is 1. The molecule has 0 unspecified atom stereocenters. The first kappa shape index (κ1) is 27.2. The number of fused-ring (bicyclic) bond motifs is 1. The normalized spacial score (nSPS) is 12.0. The van der Waals surface area contributed by atoms with Crippen molar-refractivity contribution in [1.29, 1.82) is 5.26 Å². The number of halogens is 2. The summed E-state index contributed by atoms with van der Waals surface area (Å²) in [7, 11) is 0. The topological polar surface area (TPSA) is 123 Å². The van der Waals surface area contributed by atoms with Crippen LogP contribution in [0, 0.1) is 21.4 Å². The van der Waals surface area contributed by atoms with E-state index in [-0.39, 0.29) is 35.1 Å². The molecule has 4 aromatic rings. The zero-order valence-electron chi connectivity index (χ0n) is 20.4. The molecule has 0 saturated carbocycles. The maximum atomic E-state index is 13.5. The third-order valence-electron chi connectivity index (χ3n) is 5.97. The average Bonchev–Trinajstić information content (AvgIpc) is 2.91. The van der Waals surface area contributed by atoms with Crippen LogP contribution in [0.2, 0.25) is 0 Å². The van der Waals surface area contributed by atoms with Gasteiger partial charge in [-0.05, 0) is 36.8 Å². The first-order valence-corrected chi connectivity index (χ1v) is 13.2. The number of nitro groups is 1. The monoisotopic (exact) mass is 637 g/mol. The highest BCUT2D eigenvalue weighted by Crippen LogP contribution is 2.35. The van der Waals surface area contributed by atoms with Crippen molar-refractivity contribution in [1.82, 2.24) is 9.66 Å². The van der Waals surface area contributed by atoms with E-state index in [1.54, 1.807) is 42.5 Å². The maximum Gasteiger partial charge on any atom is 0.312 e. The highest BCUT2D eigenvalue weighted by Gasteiger charge is 2.22. The van der Waals surface area contributed by atoms with Crippen molar-refractivity contribution in [3.8, 4) is 11.8 Å². The lowest BCUT2D eigenvalue weighted by atomic mass is 10.1. The molecule has 0 N–H and O–H groups in total. The second kappa shape index (κ2) is 11.7. The van der Waals surface area contributed by atoms with Crippen LogP contribution in [0.4, 0.5) is 5.69 Å². The number of hydrogen-bond donors (Lipinski definition) is 0. The van der Waals surface area contributed by atoms with Gasteiger partial charge in [0.15, 0.2) is 0 Å². The summed E-state index contributed by atoms with van der Waals surface area (Å²) in [4.78, 5) is 29.5. The number of aromatic nitrogens is 2. The largest absolute Gasteiger partial charge is 0.481 e. The molecule has 0 aliphatic heterocycles. The summed E-state index contributed by atoms with van der Waals surface area (Å²) < 4.78 is 8.29. The lowest BCUT2D eigenvalue weighted by molar-refractivity contribution is -0.386. The third-order valence-corrected chi connectivity index (χ3v) is 6.92. The zero-order chi connectivity index (χ0) is 27.4. The van der Waals surface area contributed by atoms with Gasteiger partial charge in [0.1, 0.15) is 12.4 Å². The molecule has 4 rings (SSSR count). The Morgan fingerprint density at radius 1 is 1.21 bits per heavy atom. The van der Waals surface area contributed by atoms with E-state index in [0.717, 1.165) is 10.9 Å². The number of rotatable bonds is 8. The van der Waals surface area contributed by atoms with E-state index in [4.69, 9.17) is 9.72 Å². The summed E-state index contributed by atoms with van der Waals surface area (Å²) in [6.07, 6.45) is 2.07. The Hall–Kier alpha value is -3.88. The van der Waals surface area contributed by atoms with Gasteiger partial charge in [-0.25, -0.2) is 4.98 Å². The summed E-state index contributed by atoms with van der Waals surface area (Å²) in [5, 5.41) is 26.1. The summed E-state index contributed by atoms with van der Waals surface area (Å²) in [6, 6.07) is 17.1. The Balaban J connectivity index is 1.85. The Morgan fingerprint density at radius 3 is 2.68 bits per heavy atom. The van der Waals surface area contributed by atoms with E-state index < -0.39 is 4.92 Å². The van der Waals surface area contributed by atoms with E-state index >= 15 is 0 Å². The minimum Gasteiger partial charge on any atom is -0.481 e. The molecule has 1 heterocycles. The van der Waals surface area contributed by atoms with Gasteiger partial charge in [-0.2, -0.15) is 15.0 Å². The first-order chi connectivity index (χ1) is 18.2. The minimum absolute atomic E-state index is 0.0377. The number of hydrogen-bond acceptors (Lipinski definition) is 7. The van der Waals surface area contributed by atoms with Crippen LogP contribution < -0.4 is 10.3 Å². The van der Waals surface area contributed by atoms with Crippen molar-refractivity contribution in [2.75, 3.05) is 0 Å². The number of nitro benzene ring substituents is 1. The molecule has 0 aliphatic carbocycles. The van der Waals surface area contributed by atoms with Gasteiger partial charge in [-0.15, -0.1) is 0 Å². The fourth-order valence-corrected chi connectivity index (χ4v) is 4.62. The van der Waals surface area contributed by atoms with Crippen LogP contribution in [0.5, 0.6) is 5.75 Å². The Labute approximate surface area is 234 Å². The van der Waals surface area contributed by atoms with Crippen LogP contribution in [0.15, 0.2) is 73.4 Å². The quantitative estimate of drug-likeness (QED) is 0.121. The van der Waals surface area contributed by atoms with Crippen molar-refractivity contribution in [3.63, 3.8) is 0 Å². The second-order valence-electron chi connectivity index (χ2n) is 8.46. The Morgan fingerprint density at radius 2 is 1.97 bits per heavy atom. The molecule has 9 nitrogen and oxygen atoms in total.